The quantitative estimate of drug-likeness (QED) is 0.411. The van der Waals surface area contributed by atoms with Crippen LogP contribution in [-0.4, -0.2) is 29.4 Å². The second-order valence-electron chi connectivity index (χ2n) is 9.36. The molecule has 0 aliphatic carbocycles. The Labute approximate surface area is 200 Å². The van der Waals surface area contributed by atoms with Gasteiger partial charge in [-0.2, -0.15) is 10.1 Å². The van der Waals surface area contributed by atoms with Crippen LogP contribution in [0.5, 0.6) is 0 Å². The van der Waals surface area contributed by atoms with Crippen LogP contribution in [0.25, 0.3) is 28.2 Å². The Morgan fingerprint density at radius 2 is 1.69 bits per heavy atom. The van der Waals surface area contributed by atoms with Crippen LogP contribution in [0.4, 0.5) is 4.39 Å². The fraction of sp³-hybridized carbons (Fsp3) is 0.231. The van der Waals surface area contributed by atoms with Crippen LogP contribution in [-0.2, 0) is 18.6 Å². The molecular weight excluding hydrogens is 449 g/mol. The lowest BCUT2D eigenvalue weighted by atomic mass is 9.87. The van der Waals surface area contributed by atoms with Gasteiger partial charge in [0.05, 0.1) is 12.3 Å². The van der Waals surface area contributed by atoms with E-state index in [1.807, 2.05) is 24.3 Å². The molecule has 0 fully saturated rings. The van der Waals surface area contributed by atoms with Gasteiger partial charge in [-0.15, -0.1) is 0 Å². The maximum atomic E-state index is 13.3. The van der Waals surface area contributed by atoms with Crippen LogP contribution >= 0.6 is 0 Å². The topological polar surface area (TPSA) is 98.5 Å². The fourth-order valence-corrected chi connectivity index (χ4v) is 3.97. The summed E-state index contributed by atoms with van der Waals surface area (Å²) in [5.74, 6) is 0.332. The Morgan fingerprint density at radius 3 is 2.34 bits per heavy atom. The average Bonchev–Trinajstić information content (AvgIpc) is 3.46. The molecule has 35 heavy (non-hydrogen) atoms. The van der Waals surface area contributed by atoms with Crippen LogP contribution in [0.3, 0.4) is 0 Å². The van der Waals surface area contributed by atoms with E-state index in [-0.39, 0.29) is 34.7 Å². The third-order valence-electron chi connectivity index (χ3n) is 5.92. The van der Waals surface area contributed by atoms with Gasteiger partial charge in [-0.1, -0.05) is 50.2 Å². The Balaban J connectivity index is 1.46. The van der Waals surface area contributed by atoms with E-state index in [0.717, 1.165) is 5.56 Å². The number of aliphatic hydroxyl groups excluding tert-OH is 1. The van der Waals surface area contributed by atoms with Crippen molar-refractivity contribution in [1.29, 1.82) is 0 Å². The summed E-state index contributed by atoms with van der Waals surface area (Å²) in [5, 5.41) is 18.5. The Morgan fingerprint density at radius 1 is 1.00 bits per heavy atom. The smallest absolute Gasteiger partial charge is 0.277 e. The molecule has 0 aliphatic heterocycles. The van der Waals surface area contributed by atoms with Crippen molar-refractivity contribution in [3.05, 3.63) is 94.1 Å². The van der Waals surface area contributed by atoms with Gasteiger partial charge in [0, 0.05) is 29.1 Å². The first-order valence-corrected chi connectivity index (χ1v) is 11.2. The monoisotopic (exact) mass is 473 g/mol. The van der Waals surface area contributed by atoms with Crippen molar-refractivity contribution in [2.45, 2.75) is 39.3 Å². The van der Waals surface area contributed by atoms with E-state index >= 15 is 0 Å². The number of aromatic nitrogens is 5. The first-order valence-electron chi connectivity index (χ1n) is 11.2. The summed E-state index contributed by atoms with van der Waals surface area (Å²) in [7, 11) is 0. The molecule has 9 heteroatoms. The lowest BCUT2D eigenvalue weighted by molar-refractivity contribution is 0.283. The van der Waals surface area contributed by atoms with Gasteiger partial charge in [-0.05, 0) is 35.2 Å². The summed E-state index contributed by atoms with van der Waals surface area (Å²) < 4.78 is 21.6. The maximum absolute atomic E-state index is 13.3. The van der Waals surface area contributed by atoms with Gasteiger partial charge >= 0.3 is 0 Å². The highest BCUT2D eigenvalue weighted by molar-refractivity contribution is 5.72. The molecule has 0 aliphatic rings. The summed E-state index contributed by atoms with van der Waals surface area (Å²) in [6, 6.07) is 13.7. The van der Waals surface area contributed by atoms with Crippen LogP contribution in [0.1, 0.15) is 37.8 Å². The van der Waals surface area contributed by atoms with E-state index in [9.17, 15) is 14.3 Å². The number of halogens is 1. The first-order chi connectivity index (χ1) is 16.7. The Kier molecular flexibility index (Phi) is 5.56. The molecule has 3 aromatic heterocycles. The summed E-state index contributed by atoms with van der Waals surface area (Å²) in [6.45, 7) is 6.10. The predicted octanol–water partition coefficient (Wildman–Crippen LogP) is 4.19. The van der Waals surface area contributed by atoms with E-state index in [1.165, 1.54) is 26.8 Å². The second kappa shape index (κ2) is 8.59. The lowest BCUT2D eigenvalue weighted by Gasteiger charge is -2.18. The van der Waals surface area contributed by atoms with Gasteiger partial charge in [0.15, 0.2) is 0 Å². The molecule has 0 bridgehead atoms. The molecule has 0 amide bonds. The molecular formula is C26H24FN5O3. The molecule has 3 heterocycles. The largest absolute Gasteiger partial charge is 0.392 e. The summed E-state index contributed by atoms with van der Waals surface area (Å²) in [6.07, 6.45) is 3.19. The predicted molar refractivity (Wildman–Crippen MR) is 128 cm³/mol. The lowest BCUT2D eigenvalue weighted by Crippen LogP contribution is -2.22. The maximum Gasteiger partial charge on any atom is 0.277 e. The molecule has 0 radical (unpaired) electrons. The second-order valence-corrected chi connectivity index (χ2v) is 9.36. The molecule has 1 N–H and O–H groups in total. The number of hydrogen-bond donors (Lipinski definition) is 1. The highest BCUT2D eigenvalue weighted by atomic mass is 19.1. The summed E-state index contributed by atoms with van der Waals surface area (Å²) in [4.78, 5) is 17.7. The number of rotatable bonds is 5. The SMILES string of the molecule is CC(C)(C)c1ccc(-c2noc(Cn3ccn4nc(-c5ccc(F)cc5)c(CO)c4c3=O)n2)cc1. The molecule has 0 atom stereocenters. The molecule has 0 spiro atoms. The first kappa shape index (κ1) is 22.7. The van der Waals surface area contributed by atoms with Crippen molar-refractivity contribution >= 4 is 5.52 Å². The standard InChI is InChI=1S/C26H24FN5O3/c1-26(2,3)18-8-4-17(5-9-18)24-28-21(35-30-24)14-31-12-13-32-23(25(31)34)20(15-33)22(29-32)16-6-10-19(27)11-7-16/h4-13,33H,14-15H2,1-3H3. The molecule has 0 saturated carbocycles. The van der Waals surface area contributed by atoms with Crippen molar-refractivity contribution < 1.29 is 14.0 Å². The van der Waals surface area contributed by atoms with Crippen LogP contribution < -0.4 is 5.56 Å². The minimum Gasteiger partial charge on any atom is -0.392 e. The average molecular weight is 474 g/mol. The molecule has 5 rings (SSSR count). The Hall–Kier alpha value is -4.11. The number of aliphatic hydroxyl groups is 1. The Bertz CT molecular complexity index is 1560. The van der Waals surface area contributed by atoms with Crippen LogP contribution in [0, 0.1) is 5.82 Å². The number of hydrogen-bond acceptors (Lipinski definition) is 6. The highest BCUT2D eigenvalue weighted by Crippen LogP contribution is 2.26. The number of nitrogens with zero attached hydrogens (tertiary/aromatic N) is 5. The van der Waals surface area contributed by atoms with Crippen LogP contribution in [0.15, 0.2) is 70.2 Å². The third kappa shape index (κ3) is 4.26. The zero-order valence-corrected chi connectivity index (χ0v) is 19.6. The molecule has 0 unspecified atom stereocenters. The van der Waals surface area contributed by atoms with E-state index in [4.69, 9.17) is 4.52 Å². The summed E-state index contributed by atoms with van der Waals surface area (Å²) in [5.41, 5.74) is 3.30. The third-order valence-corrected chi connectivity index (χ3v) is 5.92. The highest BCUT2D eigenvalue weighted by Gasteiger charge is 2.19. The van der Waals surface area contributed by atoms with Gasteiger partial charge in [0.25, 0.3) is 5.56 Å². The van der Waals surface area contributed by atoms with Crippen LogP contribution in [0.2, 0.25) is 0 Å². The van der Waals surface area contributed by atoms with Crippen molar-refractivity contribution in [3.63, 3.8) is 0 Å². The molecule has 2 aromatic carbocycles. The molecule has 8 nitrogen and oxygen atoms in total. The minimum absolute atomic E-state index is 0.0401. The van der Waals surface area contributed by atoms with E-state index in [1.54, 1.807) is 24.5 Å². The zero-order valence-electron chi connectivity index (χ0n) is 19.6. The van der Waals surface area contributed by atoms with E-state index in [2.05, 4.69) is 36.0 Å². The molecule has 5 aromatic rings. The van der Waals surface area contributed by atoms with Crippen molar-refractivity contribution in [1.82, 2.24) is 24.3 Å². The van der Waals surface area contributed by atoms with Gasteiger partial charge in [-0.25, -0.2) is 8.91 Å². The van der Waals surface area contributed by atoms with Gasteiger partial charge in [-0.3, -0.25) is 4.79 Å². The number of fused-ring (bicyclic) bond motifs is 1. The van der Waals surface area contributed by atoms with E-state index in [0.29, 0.717) is 22.6 Å². The molecule has 0 saturated heterocycles. The minimum atomic E-state index is -0.398. The zero-order chi connectivity index (χ0) is 24.7. The van der Waals surface area contributed by atoms with Crippen molar-refractivity contribution in [2.24, 2.45) is 0 Å². The summed E-state index contributed by atoms with van der Waals surface area (Å²) >= 11 is 0. The molecule has 178 valence electrons. The van der Waals surface area contributed by atoms with Crippen molar-refractivity contribution in [3.8, 4) is 22.6 Å². The van der Waals surface area contributed by atoms with Gasteiger partial charge < -0.3 is 14.2 Å². The van der Waals surface area contributed by atoms with Crippen molar-refractivity contribution in [2.75, 3.05) is 0 Å². The van der Waals surface area contributed by atoms with Gasteiger partial charge in [0.1, 0.15) is 17.9 Å². The van der Waals surface area contributed by atoms with E-state index < -0.39 is 6.61 Å². The van der Waals surface area contributed by atoms with Gasteiger partial charge in [0.2, 0.25) is 11.7 Å². The normalized spacial score (nSPS) is 11.9. The number of benzene rings is 2. The fourth-order valence-electron chi connectivity index (χ4n) is 3.97.